The normalized spacial score (nSPS) is 10.3. The average Bonchev–Trinajstić information content (AvgIpc) is 2.78. The first kappa shape index (κ1) is 9.77. The average molecular weight is 203 g/mol. The van der Waals surface area contributed by atoms with Gasteiger partial charge in [-0.25, -0.2) is 4.98 Å². The molecule has 15 heavy (non-hydrogen) atoms. The van der Waals surface area contributed by atoms with Crippen LogP contribution in [0.2, 0.25) is 0 Å². The zero-order valence-corrected chi connectivity index (χ0v) is 8.86. The molecular weight excluding hydrogens is 190 g/mol. The molecule has 0 saturated heterocycles. The number of oxazole rings is 1. The number of ether oxygens (including phenoxy) is 1. The molecule has 0 aliphatic rings. The van der Waals surface area contributed by atoms with E-state index in [-0.39, 0.29) is 0 Å². The van der Waals surface area contributed by atoms with Gasteiger partial charge in [-0.1, -0.05) is 13.0 Å². The SMILES string of the molecule is CCc1cnc(-c2cccc(OC)c2)o1. The van der Waals surface area contributed by atoms with Gasteiger partial charge in [-0.3, -0.25) is 0 Å². The van der Waals surface area contributed by atoms with Gasteiger partial charge in [0.05, 0.1) is 13.3 Å². The summed E-state index contributed by atoms with van der Waals surface area (Å²) in [6, 6.07) is 7.68. The lowest BCUT2D eigenvalue weighted by Crippen LogP contribution is -1.83. The summed E-state index contributed by atoms with van der Waals surface area (Å²) >= 11 is 0. The molecule has 0 amide bonds. The Morgan fingerprint density at radius 2 is 2.27 bits per heavy atom. The minimum absolute atomic E-state index is 0.644. The van der Waals surface area contributed by atoms with Crippen molar-refractivity contribution in [2.45, 2.75) is 13.3 Å². The molecule has 0 N–H and O–H groups in total. The largest absolute Gasteiger partial charge is 0.497 e. The van der Waals surface area contributed by atoms with Crippen LogP contribution in [-0.4, -0.2) is 12.1 Å². The number of nitrogens with zero attached hydrogens (tertiary/aromatic N) is 1. The second-order valence-electron chi connectivity index (χ2n) is 3.22. The van der Waals surface area contributed by atoms with Crippen molar-refractivity contribution in [3.8, 4) is 17.2 Å². The van der Waals surface area contributed by atoms with E-state index >= 15 is 0 Å². The smallest absolute Gasteiger partial charge is 0.226 e. The van der Waals surface area contributed by atoms with Crippen LogP contribution in [0.4, 0.5) is 0 Å². The molecule has 0 aliphatic heterocycles. The highest BCUT2D eigenvalue weighted by molar-refractivity contribution is 5.55. The van der Waals surface area contributed by atoms with Gasteiger partial charge in [0.15, 0.2) is 0 Å². The monoisotopic (exact) mass is 203 g/mol. The van der Waals surface area contributed by atoms with Crippen molar-refractivity contribution in [2.24, 2.45) is 0 Å². The van der Waals surface area contributed by atoms with Crippen molar-refractivity contribution in [3.05, 3.63) is 36.2 Å². The molecule has 2 rings (SSSR count). The first-order chi connectivity index (χ1) is 7.33. The number of aromatic nitrogens is 1. The molecule has 1 aromatic carbocycles. The highest BCUT2D eigenvalue weighted by Gasteiger charge is 2.05. The molecule has 2 aromatic rings. The first-order valence-corrected chi connectivity index (χ1v) is 4.92. The molecular formula is C12H13NO2. The molecule has 0 atom stereocenters. The quantitative estimate of drug-likeness (QED) is 0.769. The second kappa shape index (κ2) is 4.17. The van der Waals surface area contributed by atoms with Crippen LogP contribution in [0.5, 0.6) is 5.75 Å². The summed E-state index contributed by atoms with van der Waals surface area (Å²) in [5.74, 6) is 2.35. The van der Waals surface area contributed by atoms with Crippen LogP contribution in [0.3, 0.4) is 0 Å². The maximum Gasteiger partial charge on any atom is 0.226 e. The fraction of sp³-hybridized carbons (Fsp3) is 0.250. The maximum atomic E-state index is 5.55. The van der Waals surface area contributed by atoms with Gasteiger partial charge in [0.25, 0.3) is 0 Å². The molecule has 3 heteroatoms. The van der Waals surface area contributed by atoms with E-state index < -0.39 is 0 Å². The predicted octanol–water partition coefficient (Wildman–Crippen LogP) is 2.91. The zero-order valence-electron chi connectivity index (χ0n) is 8.86. The molecule has 1 heterocycles. The van der Waals surface area contributed by atoms with Crippen LogP contribution >= 0.6 is 0 Å². The van der Waals surface area contributed by atoms with Crippen LogP contribution < -0.4 is 4.74 Å². The predicted molar refractivity (Wildman–Crippen MR) is 57.9 cm³/mol. The third-order valence-corrected chi connectivity index (χ3v) is 2.22. The molecule has 0 saturated carbocycles. The van der Waals surface area contributed by atoms with E-state index in [1.165, 1.54) is 0 Å². The molecule has 0 aliphatic carbocycles. The highest BCUT2D eigenvalue weighted by atomic mass is 16.5. The lowest BCUT2D eigenvalue weighted by atomic mass is 10.2. The maximum absolute atomic E-state index is 5.55. The Kier molecular flexibility index (Phi) is 2.72. The fourth-order valence-corrected chi connectivity index (χ4v) is 1.36. The van der Waals surface area contributed by atoms with Crippen LogP contribution in [0.25, 0.3) is 11.5 Å². The number of methoxy groups -OCH3 is 1. The molecule has 1 aromatic heterocycles. The van der Waals surface area contributed by atoms with Gasteiger partial charge >= 0.3 is 0 Å². The minimum Gasteiger partial charge on any atom is -0.497 e. The Balaban J connectivity index is 2.35. The Morgan fingerprint density at radius 3 is 2.93 bits per heavy atom. The van der Waals surface area contributed by atoms with Crippen LogP contribution in [0.15, 0.2) is 34.9 Å². The van der Waals surface area contributed by atoms with E-state index in [1.807, 2.05) is 31.2 Å². The number of benzene rings is 1. The lowest BCUT2D eigenvalue weighted by Gasteiger charge is -2.00. The summed E-state index contributed by atoms with van der Waals surface area (Å²) in [7, 11) is 1.64. The van der Waals surface area contributed by atoms with Gasteiger partial charge in [0.1, 0.15) is 11.5 Å². The molecule has 0 bridgehead atoms. The zero-order chi connectivity index (χ0) is 10.7. The molecule has 78 valence electrons. The molecule has 3 nitrogen and oxygen atoms in total. The summed E-state index contributed by atoms with van der Waals surface area (Å²) in [6.07, 6.45) is 2.62. The lowest BCUT2D eigenvalue weighted by molar-refractivity contribution is 0.414. The Labute approximate surface area is 88.7 Å². The summed E-state index contributed by atoms with van der Waals surface area (Å²) in [4.78, 5) is 4.21. The van der Waals surface area contributed by atoms with Gasteiger partial charge in [0, 0.05) is 12.0 Å². The topological polar surface area (TPSA) is 35.3 Å². The van der Waals surface area contributed by atoms with Crippen molar-refractivity contribution >= 4 is 0 Å². The third kappa shape index (κ3) is 2.01. The third-order valence-electron chi connectivity index (χ3n) is 2.22. The summed E-state index contributed by atoms with van der Waals surface area (Å²) in [5.41, 5.74) is 0.939. The van der Waals surface area contributed by atoms with E-state index in [0.29, 0.717) is 5.89 Å². The van der Waals surface area contributed by atoms with E-state index in [4.69, 9.17) is 9.15 Å². The van der Waals surface area contributed by atoms with Crippen molar-refractivity contribution in [1.29, 1.82) is 0 Å². The first-order valence-electron chi connectivity index (χ1n) is 4.92. The molecule has 0 radical (unpaired) electrons. The van der Waals surface area contributed by atoms with Crippen LogP contribution in [-0.2, 0) is 6.42 Å². The van der Waals surface area contributed by atoms with Gasteiger partial charge in [-0.05, 0) is 18.2 Å². The van der Waals surface area contributed by atoms with Crippen LogP contribution in [0, 0.1) is 0 Å². The second-order valence-corrected chi connectivity index (χ2v) is 3.22. The standard InChI is InChI=1S/C12H13NO2/c1-3-10-8-13-12(15-10)9-5-4-6-11(7-9)14-2/h4-8H,3H2,1-2H3. The molecule has 0 unspecified atom stereocenters. The van der Waals surface area contributed by atoms with Crippen LogP contribution in [0.1, 0.15) is 12.7 Å². The van der Waals surface area contributed by atoms with Crippen molar-refractivity contribution in [3.63, 3.8) is 0 Å². The Morgan fingerprint density at radius 1 is 1.40 bits per heavy atom. The van der Waals surface area contributed by atoms with E-state index in [2.05, 4.69) is 4.98 Å². The van der Waals surface area contributed by atoms with Crippen molar-refractivity contribution < 1.29 is 9.15 Å². The van der Waals surface area contributed by atoms with E-state index in [9.17, 15) is 0 Å². The van der Waals surface area contributed by atoms with Gasteiger partial charge in [0.2, 0.25) is 5.89 Å². The number of hydrogen-bond donors (Lipinski definition) is 0. The molecule has 0 fully saturated rings. The number of rotatable bonds is 3. The number of hydrogen-bond acceptors (Lipinski definition) is 3. The van der Waals surface area contributed by atoms with Gasteiger partial charge in [-0.15, -0.1) is 0 Å². The Hall–Kier alpha value is -1.77. The summed E-state index contributed by atoms with van der Waals surface area (Å²) < 4.78 is 10.7. The number of aryl methyl sites for hydroxylation is 1. The minimum atomic E-state index is 0.644. The summed E-state index contributed by atoms with van der Waals surface area (Å²) in [5, 5.41) is 0. The summed E-state index contributed by atoms with van der Waals surface area (Å²) in [6.45, 7) is 2.04. The van der Waals surface area contributed by atoms with Gasteiger partial charge < -0.3 is 9.15 Å². The van der Waals surface area contributed by atoms with Gasteiger partial charge in [-0.2, -0.15) is 0 Å². The van der Waals surface area contributed by atoms with Crippen molar-refractivity contribution in [2.75, 3.05) is 7.11 Å². The Bertz CT molecular complexity index is 448. The van der Waals surface area contributed by atoms with E-state index in [1.54, 1.807) is 13.3 Å². The molecule has 0 spiro atoms. The fourth-order valence-electron chi connectivity index (χ4n) is 1.36. The van der Waals surface area contributed by atoms with Crippen molar-refractivity contribution in [1.82, 2.24) is 4.98 Å². The highest BCUT2D eigenvalue weighted by Crippen LogP contribution is 2.23. The van der Waals surface area contributed by atoms with E-state index in [0.717, 1.165) is 23.5 Å².